The average Bonchev–Trinajstić information content (AvgIpc) is 2.35. The Bertz CT molecular complexity index is 513. The van der Waals surface area contributed by atoms with Gasteiger partial charge in [0.25, 0.3) is 0 Å². The minimum atomic E-state index is 0.0795. The quantitative estimate of drug-likeness (QED) is 0.818. The molecule has 0 radical (unpaired) electrons. The first-order valence-electron chi connectivity index (χ1n) is 7.84. The van der Waals surface area contributed by atoms with E-state index >= 15 is 0 Å². The first-order valence-corrected chi connectivity index (χ1v) is 7.84. The normalized spacial score (nSPS) is 14.3. The van der Waals surface area contributed by atoms with Crippen LogP contribution in [0, 0.1) is 11.8 Å². The summed E-state index contributed by atoms with van der Waals surface area (Å²) in [4.78, 5) is 13.9. The van der Waals surface area contributed by atoms with Gasteiger partial charge in [-0.1, -0.05) is 27.7 Å². The van der Waals surface area contributed by atoms with E-state index in [0.29, 0.717) is 18.3 Å². The van der Waals surface area contributed by atoms with Crippen LogP contribution in [0.15, 0.2) is 12.1 Å². The Kier molecular flexibility index (Phi) is 4.76. The maximum atomic E-state index is 11.5. The zero-order valence-electron chi connectivity index (χ0n) is 13.6. The number of hydrogen-bond acceptors (Lipinski definition) is 3. The number of nitrogen functional groups attached to an aromatic ring is 1. The zero-order chi connectivity index (χ0) is 15.6. The summed E-state index contributed by atoms with van der Waals surface area (Å²) in [5.74, 6) is 1.24. The van der Waals surface area contributed by atoms with Gasteiger partial charge >= 0.3 is 0 Å². The van der Waals surface area contributed by atoms with Gasteiger partial charge in [0.2, 0.25) is 5.91 Å². The number of anilines is 3. The molecule has 0 fully saturated rings. The molecule has 4 heteroatoms. The molecule has 1 heterocycles. The van der Waals surface area contributed by atoms with Gasteiger partial charge < -0.3 is 16.0 Å². The summed E-state index contributed by atoms with van der Waals surface area (Å²) in [5.41, 5.74) is 10.2. The predicted molar refractivity (Wildman–Crippen MR) is 89.7 cm³/mol. The summed E-state index contributed by atoms with van der Waals surface area (Å²) in [5, 5.41) is 2.91. The number of nitrogens with two attached hydrogens (primary N) is 1. The molecule has 0 aliphatic carbocycles. The number of carbonyl (C=O) groups is 1. The monoisotopic (exact) mass is 289 g/mol. The third kappa shape index (κ3) is 3.90. The number of nitrogens with zero attached hydrogens (tertiary/aromatic N) is 1. The van der Waals surface area contributed by atoms with Gasteiger partial charge in [-0.15, -0.1) is 0 Å². The molecule has 1 aliphatic heterocycles. The third-order valence-electron chi connectivity index (χ3n) is 3.66. The summed E-state index contributed by atoms with van der Waals surface area (Å²) in [7, 11) is 0. The van der Waals surface area contributed by atoms with E-state index in [0.717, 1.165) is 36.6 Å². The van der Waals surface area contributed by atoms with Crippen molar-refractivity contribution in [1.82, 2.24) is 0 Å². The average molecular weight is 289 g/mol. The second kappa shape index (κ2) is 6.37. The van der Waals surface area contributed by atoms with Crippen molar-refractivity contribution in [1.29, 1.82) is 0 Å². The summed E-state index contributed by atoms with van der Waals surface area (Å²) in [6.07, 6.45) is 1.36. The molecule has 116 valence electrons. The Morgan fingerprint density at radius 2 is 1.76 bits per heavy atom. The van der Waals surface area contributed by atoms with Gasteiger partial charge in [0.05, 0.1) is 11.4 Å². The van der Waals surface area contributed by atoms with Crippen molar-refractivity contribution in [3.05, 3.63) is 17.7 Å². The molecule has 0 saturated carbocycles. The second-order valence-corrected chi connectivity index (χ2v) is 6.81. The lowest BCUT2D eigenvalue weighted by atomic mass is 10.00. The van der Waals surface area contributed by atoms with Crippen LogP contribution in [0.25, 0.3) is 0 Å². The van der Waals surface area contributed by atoms with Gasteiger partial charge in [-0.05, 0) is 36.0 Å². The zero-order valence-corrected chi connectivity index (χ0v) is 13.6. The molecule has 1 aromatic rings. The fraction of sp³-hybridized carbons (Fsp3) is 0.588. The van der Waals surface area contributed by atoms with Crippen molar-refractivity contribution in [3.63, 3.8) is 0 Å². The largest absolute Gasteiger partial charge is 0.397 e. The second-order valence-electron chi connectivity index (χ2n) is 6.81. The van der Waals surface area contributed by atoms with Crippen molar-refractivity contribution in [2.75, 3.05) is 29.0 Å². The molecule has 0 bridgehead atoms. The molecule has 0 spiro atoms. The molecule has 0 saturated heterocycles. The van der Waals surface area contributed by atoms with E-state index in [1.165, 1.54) is 5.56 Å². The van der Waals surface area contributed by atoms with Crippen LogP contribution >= 0.6 is 0 Å². The number of aryl methyl sites for hydroxylation is 1. The molecule has 2 rings (SSSR count). The smallest absolute Gasteiger partial charge is 0.224 e. The molecule has 1 aromatic carbocycles. The SMILES string of the molecule is CC(C)CN(CC(C)C)c1cc2c(cc1N)NC(=O)CC2. The van der Waals surface area contributed by atoms with Gasteiger partial charge in [-0.25, -0.2) is 0 Å². The fourth-order valence-corrected chi connectivity index (χ4v) is 2.86. The van der Waals surface area contributed by atoms with Crippen molar-refractivity contribution in [2.24, 2.45) is 11.8 Å². The highest BCUT2D eigenvalue weighted by atomic mass is 16.1. The van der Waals surface area contributed by atoms with Crippen LogP contribution in [0.1, 0.15) is 39.7 Å². The Labute approximate surface area is 127 Å². The number of nitrogens with one attached hydrogen (secondary N) is 1. The summed E-state index contributed by atoms with van der Waals surface area (Å²) in [6.45, 7) is 10.9. The van der Waals surface area contributed by atoms with Crippen molar-refractivity contribution in [2.45, 2.75) is 40.5 Å². The van der Waals surface area contributed by atoms with Crippen molar-refractivity contribution >= 4 is 23.0 Å². The highest BCUT2D eigenvalue weighted by Gasteiger charge is 2.20. The Balaban J connectivity index is 2.33. The number of fused-ring (bicyclic) bond motifs is 1. The van der Waals surface area contributed by atoms with Gasteiger partial charge in [0.1, 0.15) is 0 Å². The summed E-state index contributed by atoms with van der Waals surface area (Å²) in [6, 6.07) is 4.07. The van der Waals surface area contributed by atoms with Gasteiger partial charge in [0, 0.05) is 25.2 Å². The highest BCUT2D eigenvalue weighted by Crippen LogP contribution is 2.34. The number of benzene rings is 1. The van der Waals surface area contributed by atoms with Crippen LogP contribution in [0.3, 0.4) is 0 Å². The first kappa shape index (κ1) is 15.7. The van der Waals surface area contributed by atoms with E-state index in [1.807, 2.05) is 6.07 Å². The van der Waals surface area contributed by atoms with Crippen molar-refractivity contribution in [3.8, 4) is 0 Å². The lowest BCUT2D eigenvalue weighted by molar-refractivity contribution is -0.116. The van der Waals surface area contributed by atoms with Crippen molar-refractivity contribution < 1.29 is 4.79 Å². The lowest BCUT2D eigenvalue weighted by Gasteiger charge is -2.31. The standard InChI is InChI=1S/C17H27N3O/c1-11(2)9-20(10-12(3)4)16-7-13-5-6-17(21)19-15(13)8-14(16)18/h7-8,11-12H,5-6,9-10,18H2,1-4H3,(H,19,21). The van der Waals surface area contributed by atoms with Gasteiger partial charge in [-0.2, -0.15) is 0 Å². The Morgan fingerprint density at radius 3 is 2.33 bits per heavy atom. The van der Waals surface area contributed by atoms with E-state index < -0.39 is 0 Å². The maximum Gasteiger partial charge on any atom is 0.224 e. The van der Waals surface area contributed by atoms with Gasteiger partial charge in [0.15, 0.2) is 0 Å². The minimum Gasteiger partial charge on any atom is -0.397 e. The minimum absolute atomic E-state index is 0.0795. The van der Waals surface area contributed by atoms with E-state index in [1.54, 1.807) is 0 Å². The topological polar surface area (TPSA) is 58.4 Å². The van der Waals surface area contributed by atoms with E-state index in [-0.39, 0.29) is 5.91 Å². The van der Waals surface area contributed by atoms with E-state index in [4.69, 9.17) is 5.73 Å². The maximum absolute atomic E-state index is 11.5. The predicted octanol–water partition coefficient (Wildman–Crippen LogP) is 3.27. The third-order valence-corrected chi connectivity index (χ3v) is 3.66. The molecule has 0 atom stereocenters. The number of amides is 1. The Morgan fingerprint density at radius 1 is 1.14 bits per heavy atom. The van der Waals surface area contributed by atoms with Crippen LogP contribution in [0.5, 0.6) is 0 Å². The molecule has 0 unspecified atom stereocenters. The molecule has 3 N–H and O–H groups in total. The van der Waals surface area contributed by atoms with Crippen LogP contribution in [-0.4, -0.2) is 19.0 Å². The fourth-order valence-electron chi connectivity index (χ4n) is 2.86. The summed E-state index contributed by atoms with van der Waals surface area (Å²) >= 11 is 0. The van der Waals surface area contributed by atoms with Gasteiger partial charge in [-0.3, -0.25) is 4.79 Å². The van der Waals surface area contributed by atoms with Crippen LogP contribution in [-0.2, 0) is 11.2 Å². The molecule has 0 aromatic heterocycles. The molecule has 21 heavy (non-hydrogen) atoms. The summed E-state index contributed by atoms with van der Waals surface area (Å²) < 4.78 is 0. The van der Waals surface area contributed by atoms with E-state index in [2.05, 4.69) is 44.0 Å². The molecule has 1 aliphatic rings. The van der Waals surface area contributed by atoms with Crippen LogP contribution in [0.2, 0.25) is 0 Å². The molecule has 4 nitrogen and oxygen atoms in total. The van der Waals surface area contributed by atoms with E-state index in [9.17, 15) is 4.79 Å². The molecule has 1 amide bonds. The molecular weight excluding hydrogens is 262 g/mol. The van der Waals surface area contributed by atoms with Crippen LogP contribution < -0.4 is 16.0 Å². The molecular formula is C17H27N3O. The number of hydrogen-bond donors (Lipinski definition) is 2. The Hall–Kier alpha value is -1.71. The van der Waals surface area contributed by atoms with Crippen LogP contribution in [0.4, 0.5) is 17.1 Å². The first-order chi connectivity index (χ1) is 9.86. The highest BCUT2D eigenvalue weighted by molar-refractivity contribution is 5.95. The lowest BCUT2D eigenvalue weighted by Crippen LogP contribution is -2.32. The number of carbonyl (C=O) groups excluding carboxylic acids is 1. The number of rotatable bonds is 5.